The van der Waals surface area contributed by atoms with Crippen LogP contribution in [0.3, 0.4) is 0 Å². The molecule has 1 aromatic carbocycles. The fourth-order valence-electron chi connectivity index (χ4n) is 2.93. The summed E-state index contributed by atoms with van der Waals surface area (Å²) >= 11 is 0. The van der Waals surface area contributed by atoms with E-state index in [9.17, 15) is 14.4 Å². The van der Waals surface area contributed by atoms with E-state index in [0.717, 1.165) is 24.8 Å². The van der Waals surface area contributed by atoms with E-state index in [0.29, 0.717) is 42.1 Å². The Balaban J connectivity index is 2.40. The van der Waals surface area contributed by atoms with E-state index in [-0.39, 0.29) is 24.3 Å². The number of hydrogen-bond donors (Lipinski definition) is 2. The number of ether oxygens (including phenoxy) is 3. The van der Waals surface area contributed by atoms with Crippen molar-refractivity contribution in [2.75, 3.05) is 41.5 Å². The minimum atomic E-state index is -0.959. The second-order valence-electron chi connectivity index (χ2n) is 9.68. The maximum Gasteiger partial charge on any atom is 0.515 e. The third-order valence-corrected chi connectivity index (χ3v) is 4.93. The number of quaternary nitrogens is 1. The van der Waals surface area contributed by atoms with Crippen LogP contribution in [0.2, 0.25) is 0 Å². The molecule has 0 aliphatic rings. The van der Waals surface area contributed by atoms with E-state index in [1.807, 2.05) is 21.1 Å². The predicted octanol–water partition coefficient (Wildman–Crippen LogP) is 3.77. The molecule has 0 saturated heterocycles. The number of carbonyl (C=O) groups excluding carboxylic acids is 3. The van der Waals surface area contributed by atoms with Crippen molar-refractivity contribution in [3.8, 4) is 11.5 Å². The second kappa shape index (κ2) is 15.8. The highest BCUT2D eigenvalue weighted by atomic mass is 16.7. The summed E-state index contributed by atoms with van der Waals surface area (Å²) < 4.78 is 16.1. The highest BCUT2D eigenvalue weighted by Crippen LogP contribution is 2.28. The number of allylic oxidation sites excluding steroid dienone is 2. The summed E-state index contributed by atoms with van der Waals surface area (Å²) in [6.07, 6.45) is 6.98. The molecule has 9 nitrogen and oxygen atoms in total. The van der Waals surface area contributed by atoms with E-state index < -0.39 is 6.16 Å². The molecule has 0 aliphatic heterocycles. The lowest BCUT2D eigenvalue weighted by Gasteiger charge is -2.23. The van der Waals surface area contributed by atoms with Crippen LogP contribution in [0.1, 0.15) is 51.5 Å². The van der Waals surface area contributed by atoms with Crippen molar-refractivity contribution in [1.29, 1.82) is 0 Å². The zero-order chi connectivity index (χ0) is 26.3. The third kappa shape index (κ3) is 14.7. The van der Waals surface area contributed by atoms with Gasteiger partial charge in [-0.1, -0.05) is 32.1 Å². The van der Waals surface area contributed by atoms with Gasteiger partial charge < -0.3 is 29.3 Å². The van der Waals surface area contributed by atoms with Crippen molar-refractivity contribution in [3.05, 3.63) is 35.9 Å². The Bertz CT molecular complexity index is 846. The fourth-order valence-corrected chi connectivity index (χ4v) is 2.93. The SMILES string of the molecule is COc1cc(CNC(=O)CCCC/C=C/C(C)C)ccc1OC(=O)OCNC(=O)CC[N+](C)(C)C. The average molecular weight is 493 g/mol. The first-order valence-electron chi connectivity index (χ1n) is 12.0. The van der Waals surface area contributed by atoms with Crippen molar-refractivity contribution in [2.24, 2.45) is 5.92 Å². The molecule has 0 saturated carbocycles. The zero-order valence-corrected chi connectivity index (χ0v) is 22.0. The van der Waals surface area contributed by atoms with Crippen molar-refractivity contribution in [1.82, 2.24) is 10.6 Å². The Hall–Kier alpha value is -3.07. The van der Waals surface area contributed by atoms with Gasteiger partial charge in [0.05, 0.1) is 41.2 Å². The first kappa shape index (κ1) is 30.0. The van der Waals surface area contributed by atoms with Gasteiger partial charge in [-0.05, 0) is 42.9 Å². The van der Waals surface area contributed by atoms with Crippen LogP contribution in [0.25, 0.3) is 0 Å². The molecule has 35 heavy (non-hydrogen) atoms. The molecule has 0 spiro atoms. The number of nitrogens with zero attached hydrogens (tertiary/aromatic N) is 1. The normalized spacial score (nSPS) is 11.4. The average Bonchev–Trinajstić information content (AvgIpc) is 2.78. The van der Waals surface area contributed by atoms with E-state index in [4.69, 9.17) is 14.2 Å². The number of amides is 2. The molecule has 1 aromatic rings. The summed E-state index contributed by atoms with van der Waals surface area (Å²) in [6, 6.07) is 4.99. The number of unbranched alkanes of at least 4 members (excludes halogenated alkanes) is 2. The molecular formula is C26H42N3O6+. The first-order chi connectivity index (χ1) is 16.5. The fraction of sp³-hybridized carbons (Fsp3) is 0.577. The number of methoxy groups -OCH3 is 1. The molecule has 0 aliphatic carbocycles. The molecule has 0 aromatic heterocycles. The molecule has 0 bridgehead atoms. The van der Waals surface area contributed by atoms with E-state index in [1.54, 1.807) is 18.2 Å². The van der Waals surface area contributed by atoms with Gasteiger partial charge in [0.15, 0.2) is 18.2 Å². The third-order valence-electron chi connectivity index (χ3n) is 4.93. The van der Waals surface area contributed by atoms with Crippen LogP contribution >= 0.6 is 0 Å². The summed E-state index contributed by atoms with van der Waals surface area (Å²) in [7, 11) is 7.42. The van der Waals surface area contributed by atoms with Crippen LogP contribution in [0, 0.1) is 5.92 Å². The topological polar surface area (TPSA) is 103 Å². The van der Waals surface area contributed by atoms with Gasteiger partial charge in [-0.3, -0.25) is 9.59 Å². The van der Waals surface area contributed by atoms with Gasteiger partial charge in [-0.15, -0.1) is 0 Å². The lowest BCUT2D eigenvalue weighted by Crippen LogP contribution is -2.39. The van der Waals surface area contributed by atoms with Gasteiger partial charge in [0.1, 0.15) is 0 Å². The molecule has 1 rings (SSSR count). The van der Waals surface area contributed by atoms with Gasteiger partial charge in [-0.25, -0.2) is 4.79 Å². The van der Waals surface area contributed by atoms with Crippen molar-refractivity contribution >= 4 is 18.0 Å². The summed E-state index contributed by atoms with van der Waals surface area (Å²) in [6.45, 7) is 5.00. The molecule has 9 heteroatoms. The minimum absolute atomic E-state index is 0.01000. The van der Waals surface area contributed by atoms with Crippen LogP contribution in [-0.4, -0.2) is 64.0 Å². The number of rotatable bonds is 15. The smallest absolute Gasteiger partial charge is 0.493 e. The molecule has 0 atom stereocenters. The number of benzene rings is 1. The van der Waals surface area contributed by atoms with Crippen LogP contribution in [0.4, 0.5) is 4.79 Å². The van der Waals surface area contributed by atoms with Crippen LogP contribution < -0.4 is 20.1 Å². The van der Waals surface area contributed by atoms with Gasteiger partial charge in [0, 0.05) is 13.0 Å². The molecule has 2 N–H and O–H groups in total. The first-order valence-corrected chi connectivity index (χ1v) is 12.0. The lowest BCUT2D eigenvalue weighted by atomic mass is 10.1. The molecule has 0 unspecified atom stereocenters. The van der Waals surface area contributed by atoms with E-state index in [2.05, 4.69) is 36.6 Å². The lowest BCUT2D eigenvalue weighted by molar-refractivity contribution is -0.869. The molecule has 0 radical (unpaired) electrons. The molecule has 0 heterocycles. The Morgan fingerprint density at radius 2 is 1.71 bits per heavy atom. The standard InChI is InChI=1S/C26H41N3O6/c1-20(2)11-9-7-8-10-12-24(30)27-18-21-13-14-22(23(17-21)33-6)35-26(32)34-19-28-25(31)15-16-29(3,4)5/h9,11,13-14,17,20H,7-8,10,12,15-16,18-19H2,1-6H3,(H-,27,28,30,31)/p+1/b11-9+. The van der Waals surface area contributed by atoms with Gasteiger partial charge in [-0.2, -0.15) is 0 Å². The minimum Gasteiger partial charge on any atom is -0.493 e. The Morgan fingerprint density at radius 1 is 1.00 bits per heavy atom. The number of hydrogen-bond acceptors (Lipinski definition) is 6. The van der Waals surface area contributed by atoms with Crippen molar-refractivity contribution < 1.29 is 33.1 Å². The summed E-state index contributed by atoms with van der Waals surface area (Å²) in [4.78, 5) is 35.8. The summed E-state index contributed by atoms with van der Waals surface area (Å²) in [5.74, 6) is 0.839. The van der Waals surface area contributed by atoms with E-state index >= 15 is 0 Å². The summed E-state index contributed by atoms with van der Waals surface area (Å²) in [5.41, 5.74) is 0.806. The molecule has 196 valence electrons. The molecule has 2 amide bonds. The predicted molar refractivity (Wildman–Crippen MR) is 135 cm³/mol. The second-order valence-corrected chi connectivity index (χ2v) is 9.68. The maximum atomic E-state index is 12.1. The quantitative estimate of drug-likeness (QED) is 0.0965. The highest BCUT2D eigenvalue weighted by Gasteiger charge is 2.14. The van der Waals surface area contributed by atoms with Gasteiger partial charge >= 0.3 is 6.16 Å². The number of carbonyl (C=O) groups is 3. The molecular weight excluding hydrogens is 450 g/mol. The van der Waals surface area contributed by atoms with Crippen LogP contribution in [0.5, 0.6) is 11.5 Å². The van der Waals surface area contributed by atoms with Crippen LogP contribution in [0.15, 0.2) is 30.4 Å². The van der Waals surface area contributed by atoms with E-state index in [1.165, 1.54) is 7.11 Å². The number of nitrogens with one attached hydrogen (secondary N) is 2. The van der Waals surface area contributed by atoms with Gasteiger partial charge in [0.2, 0.25) is 11.8 Å². The monoisotopic (exact) mass is 492 g/mol. The van der Waals surface area contributed by atoms with Crippen molar-refractivity contribution in [2.45, 2.75) is 52.5 Å². The Labute approximate surface area is 209 Å². The Kier molecular flexibility index (Phi) is 13.5. The summed E-state index contributed by atoms with van der Waals surface area (Å²) in [5, 5.41) is 5.41. The molecule has 0 fully saturated rings. The zero-order valence-electron chi connectivity index (χ0n) is 22.0. The van der Waals surface area contributed by atoms with Gasteiger partial charge in [0.25, 0.3) is 0 Å². The highest BCUT2D eigenvalue weighted by molar-refractivity contribution is 5.76. The van der Waals surface area contributed by atoms with Crippen LogP contribution in [-0.2, 0) is 20.9 Å². The van der Waals surface area contributed by atoms with Crippen molar-refractivity contribution in [3.63, 3.8) is 0 Å². The maximum absolute atomic E-state index is 12.1. The largest absolute Gasteiger partial charge is 0.515 e. The Morgan fingerprint density at radius 3 is 2.37 bits per heavy atom.